The van der Waals surface area contributed by atoms with Gasteiger partial charge in [-0.2, -0.15) is 0 Å². The second-order valence-electron chi connectivity index (χ2n) is 9.23. The van der Waals surface area contributed by atoms with Crippen molar-refractivity contribution in [1.82, 2.24) is 0 Å². The third-order valence-corrected chi connectivity index (χ3v) is 6.14. The predicted molar refractivity (Wildman–Crippen MR) is 107 cm³/mol. The summed E-state index contributed by atoms with van der Waals surface area (Å²) in [6.45, 7) is 5.85. The number of carbonyl (C=O) groups is 2. The van der Waals surface area contributed by atoms with Gasteiger partial charge in [-0.15, -0.1) is 0 Å². The van der Waals surface area contributed by atoms with Gasteiger partial charge in [0.25, 0.3) is 11.7 Å². The van der Waals surface area contributed by atoms with Crippen LogP contribution in [0, 0.1) is 12.3 Å². The van der Waals surface area contributed by atoms with E-state index in [2.05, 4.69) is 5.32 Å². The van der Waals surface area contributed by atoms with E-state index in [4.69, 9.17) is 13.9 Å². The molecule has 0 saturated heterocycles. The van der Waals surface area contributed by atoms with Gasteiger partial charge in [0.2, 0.25) is 0 Å². The molecule has 0 atom stereocenters. The van der Waals surface area contributed by atoms with Gasteiger partial charge in [0.1, 0.15) is 5.76 Å². The number of hydrogen-bond acceptors (Lipinski definition) is 5. The first-order valence-electron chi connectivity index (χ1n) is 10.2. The Morgan fingerprint density at radius 2 is 1.79 bits per heavy atom. The van der Waals surface area contributed by atoms with Crippen molar-refractivity contribution in [3.63, 3.8) is 0 Å². The van der Waals surface area contributed by atoms with E-state index in [1.54, 1.807) is 19.1 Å². The van der Waals surface area contributed by atoms with Gasteiger partial charge in [-0.25, -0.2) is 0 Å². The average molecular weight is 395 g/mol. The van der Waals surface area contributed by atoms with Crippen LogP contribution in [-0.2, 0) is 6.42 Å². The Hall–Kier alpha value is -2.76. The summed E-state index contributed by atoms with van der Waals surface area (Å²) in [4.78, 5) is 25.4. The molecule has 2 heterocycles. The van der Waals surface area contributed by atoms with Crippen molar-refractivity contribution in [2.24, 2.45) is 5.41 Å². The summed E-state index contributed by atoms with van der Waals surface area (Å²) in [5.41, 5.74) is 1.63. The molecule has 1 aliphatic heterocycles. The second kappa shape index (κ2) is 6.12. The molecule has 6 heteroatoms. The van der Waals surface area contributed by atoms with E-state index in [1.165, 1.54) is 0 Å². The molecule has 1 amide bonds. The third kappa shape index (κ3) is 3.02. The molecule has 1 fully saturated rings. The molecule has 1 saturated carbocycles. The summed E-state index contributed by atoms with van der Waals surface area (Å²) in [7, 11) is 0. The molecular formula is C23H25NO5. The van der Waals surface area contributed by atoms with E-state index < -0.39 is 5.79 Å². The van der Waals surface area contributed by atoms with Gasteiger partial charge in [-0.05, 0) is 37.3 Å². The third-order valence-electron chi connectivity index (χ3n) is 6.14. The Labute approximate surface area is 169 Å². The highest BCUT2D eigenvalue weighted by atomic mass is 16.7. The number of Topliss-reactive ketones (excluding diaryl/α,β-unsaturated/α-hetero) is 1. The minimum absolute atomic E-state index is 0.0430. The Bertz CT molecular complexity index is 1030. The largest absolute Gasteiger partial charge is 0.455 e. The highest BCUT2D eigenvalue weighted by Gasteiger charge is 2.44. The van der Waals surface area contributed by atoms with Crippen LogP contribution in [0.4, 0.5) is 5.69 Å². The second-order valence-corrected chi connectivity index (χ2v) is 9.23. The lowest BCUT2D eigenvalue weighted by Gasteiger charge is -2.27. The minimum atomic E-state index is -0.533. The van der Waals surface area contributed by atoms with Gasteiger partial charge >= 0.3 is 0 Å². The zero-order chi connectivity index (χ0) is 20.4. The van der Waals surface area contributed by atoms with Crippen molar-refractivity contribution < 1.29 is 23.5 Å². The van der Waals surface area contributed by atoms with Crippen LogP contribution in [0.25, 0.3) is 0 Å². The fraction of sp³-hybridized carbons (Fsp3) is 0.478. The summed E-state index contributed by atoms with van der Waals surface area (Å²) in [5, 5.41) is 2.87. The molecule has 0 bridgehead atoms. The lowest BCUT2D eigenvalue weighted by molar-refractivity contribution is -0.0716. The maximum absolute atomic E-state index is 12.9. The number of rotatable bonds is 2. The maximum atomic E-state index is 12.9. The van der Waals surface area contributed by atoms with Gasteiger partial charge in [0.15, 0.2) is 23.0 Å². The summed E-state index contributed by atoms with van der Waals surface area (Å²) in [6, 6.07) is 5.40. The Kier molecular flexibility index (Phi) is 3.86. The topological polar surface area (TPSA) is 77.8 Å². The van der Waals surface area contributed by atoms with Crippen molar-refractivity contribution >= 4 is 17.4 Å². The molecule has 1 aromatic carbocycles. The molecule has 29 heavy (non-hydrogen) atoms. The van der Waals surface area contributed by atoms with Crippen LogP contribution in [0.15, 0.2) is 22.6 Å². The molecule has 1 spiro atoms. The number of furan rings is 1. The maximum Gasteiger partial charge on any atom is 0.291 e. The van der Waals surface area contributed by atoms with Crippen LogP contribution in [-0.4, -0.2) is 17.5 Å². The normalized spacial score (nSPS) is 20.7. The lowest BCUT2D eigenvalue weighted by atomic mass is 9.76. The van der Waals surface area contributed by atoms with Gasteiger partial charge in [-0.1, -0.05) is 13.8 Å². The molecule has 2 aromatic rings. The number of ether oxygens (including phenoxy) is 2. The first kappa shape index (κ1) is 18.3. The fourth-order valence-corrected chi connectivity index (χ4v) is 4.78. The Balaban J connectivity index is 1.38. The Morgan fingerprint density at radius 1 is 1.07 bits per heavy atom. The zero-order valence-electron chi connectivity index (χ0n) is 17.0. The molecule has 6 nitrogen and oxygen atoms in total. The summed E-state index contributed by atoms with van der Waals surface area (Å²) in [6.07, 6.45) is 5.06. The highest BCUT2D eigenvalue weighted by molar-refractivity contribution is 6.07. The molecule has 1 N–H and O–H groups in total. The van der Waals surface area contributed by atoms with E-state index in [0.29, 0.717) is 46.9 Å². The van der Waals surface area contributed by atoms with Gasteiger partial charge in [0, 0.05) is 43.0 Å². The van der Waals surface area contributed by atoms with Gasteiger partial charge < -0.3 is 19.2 Å². The lowest BCUT2D eigenvalue weighted by Crippen LogP contribution is -2.34. The van der Waals surface area contributed by atoms with E-state index in [-0.39, 0.29) is 22.9 Å². The molecule has 152 valence electrons. The summed E-state index contributed by atoms with van der Waals surface area (Å²) in [5.74, 6) is 1.32. The van der Waals surface area contributed by atoms with Crippen molar-refractivity contribution in [1.29, 1.82) is 0 Å². The van der Waals surface area contributed by atoms with E-state index in [9.17, 15) is 9.59 Å². The molecule has 3 aliphatic rings. The number of hydrogen-bond donors (Lipinski definition) is 1. The SMILES string of the molecule is Cc1c(C(=O)Nc2ccc3c(c2)OC2(CCCC2)O3)oc2c1C(=O)CC(C)(C)C2. The highest BCUT2D eigenvalue weighted by Crippen LogP contribution is 2.47. The number of fused-ring (bicyclic) bond motifs is 2. The van der Waals surface area contributed by atoms with E-state index >= 15 is 0 Å². The predicted octanol–water partition coefficient (Wildman–Crippen LogP) is 5.04. The molecule has 5 rings (SSSR count). The molecule has 0 unspecified atom stereocenters. The van der Waals surface area contributed by atoms with Crippen LogP contribution in [0.2, 0.25) is 0 Å². The number of amides is 1. The van der Waals surface area contributed by atoms with E-state index in [1.807, 2.05) is 19.9 Å². The molecule has 0 radical (unpaired) electrons. The standard InChI is InChI=1S/C23H25NO5/c1-13-19-15(25)11-22(2,3)12-18(19)27-20(13)21(26)24-14-6-7-16-17(10-14)29-23(28-16)8-4-5-9-23/h6-7,10H,4-5,8-9,11-12H2,1-3H3,(H,24,26). The van der Waals surface area contributed by atoms with Crippen LogP contribution < -0.4 is 14.8 Å². The molecule has 2 aliphatic carbocycles. The van der Waals surface area contributed by atoms with Crippen LogP contribution in [0.3, 0.4) is 0 Å². The number of benzene rings is 1. The van der Waals surface area contributed by atoms with Crippen LogP contribution >= 0.6 is 0 Å². The van der Waals surface area contributed by atoms with Crippen molar-refractivity contribution in [2.45, 2.75) is 65.1 Å². The minimum Gasteiger partial charge on any atom is -0.455 e. The van der Waals surface area contributed by atoms with E-state index in [0.717, 1.165) is 25.7 Å². The van der Waals surface area contributed by atoms with Crippen LogP contribution in [0.5, 0.6) is 11.5 Å². The van der Waals surface area contributed by atoms with Gasteiger partial charge in [-0.3, -0.25) is 9.59 Å². The molecule has 1 aromatic heterocycles. The summed E-state index contributed by atoms with van der Waals surface area (Å²) < 4.78 is 17.9. The molecular weight excluding hydrogens is 370 g/mol. The van der Waals surface area contributed by atoms with Gasteiger partial charge in [0.05, 0.1) is 5.56 Å². The number of nitrogens with one attached hydrogen (secondary N) is 1. The number of anilines is 1. The van der Waals surface area contributed by atoms with Crippen molar-refractivity contribution in [2.75, 3.05) is 5.32 Å². The van der Waals surface area contributed by atoms with Crippen molar-refractivity contribution in [3.05, 3.63) is 40.8 Å². The van der Waals surface area contributed by atoms with Crippen LogP contribution in [0.1, 0.15) is 78.2 Å². The fourth-order valence-electron chi connectivity index (χ4n) is 4.78. The number of carbonyl (C=O) groups excluding carboxylic acids is 2. The quantitative estimate of drug-likeness (QED) is 0.771. The van der Waals surface area contributed by atoms with Crippen molar-refractivity contribution in [3.8, 4) is 11.5 Å². The Morgan fingerprint density at radius 3 is 2.55 bits per heavy atom. The first-order valence-corrected chi connectivity index (χ1v) is 10.2. The summed E-state index contributed by atoms with van der Waals surface area (Å²) >= 11 is 0. The zero-order valence-corrected chi connectivity index (χ0v) is 17.0. The average Bonchev–Trinajstić information content (AvgIpc) is 3.31. The first-order chi connectivity index (χ1) is 13.8. The number of ketones is 1. The smallest absolute Gasteiger partial charge is 0.291 e. The monoisotopic (exact) mass is 395 g/mol.